The van der Waals surface area contributed by atoms with Gasteiger partial charge in [0.15, 0.2) is 5.92 Å². The second-order valence-electron chi connectivity index (χ2n) is 5.00. The smallest absolute Gasteiger partial charge is 0.407 e. The van der Waals surface area contributed by atoms with Crippen LogP contribution >= 0.6 is 0 Å². The van der Waals surface area contributed by atoms with E-state index in [1.54, 1.807) is 0 Å². The fourth-order valence-corrected chi connectivity index (χ4v) is 1.34. The summed E-state index contributed by atoms with van der Waals surface area (Å²) in [7, 11) is 0. The van der Waals surface area contributed by atoms with Gasteiger partial charge in [0, 0.05) is 0 Å². The lowest BCUT2D eigenvalue weighted by atomic mass is 9.99. The summed E-state index contributed by atoms with van der Waals surface area (Å²) in [5.41, 5.74) is -1.10. The molecule has 0 saturated carbocycles. The number of nitrogens with one attached hydrogen (secondary N) is 1. The van der Waals surface area contributed by atoms with E-state index >= 15 is 0 Å². The molecular weight excluding hydrogens is 296 g/mol. The Hall–Kier alpha value is -1.19. The van der Waals surface area contributed by atoms with Crippen LogP contribution in [-0.4, -0.2) is 41.8 Å². The van der Waals surface area contributed by atoms with E-state index in [1.165, 1.54) is 26.1 Å². The zero-order valence-electron chi connectivity index (χ0n) is 10.9. The van der Waals surface area contributed by atoms with E-state index in [-0.39, 0.29) is 0 Å². The first-order valence-corrected chi connectivity index (χ1v) is 5.42. The highest BCUT2D eigenvalue weighted by Gasteiger charge is 2.60. The maximum absolute atomic E-state index is 12.4. The molecule has 0 unspecified atom stereocenters. The molecule has 0 fully saturated rings. The Bertz CT molecular complexity index is 319. The number of carbonyl (C=O) groups excluding carboxylic acids is 1. The number of amides is 1. The molecule has 0 aromatic heterocycles. The SMILES string of the molecule is CC(C)(C)OC(=O)N[C@@H](CO)C(C(F)(F)F)C(F)(F)F. The summed E-state index contributed by atoms with van der Waals surface area (Å²) in [5, 5.41) is 10.1. The van der Waals surface area contributed by atoms with E-state index in [2.05, 4.69) is 4.74 Å². The van der Waals surface area contributed by atoms with Crippen LogP contribution in [0.15, 0.2) is 0 Å². The molecule has 0 heterocycles. The van der Waals surface area contributed by atoms with Crippen LogP contribution in [-0.2, 0) is 4.74 Å². The molecule has 0 aromatic rings. The van der Waals surface area contributed by atoms with Crippen LogP contribution in [0.2, 0.25) is 0 Å². The van der Waals surface area contributed by atoms with Gasteiger partial charge in [-0.15, -0.1) is 0 Å². The molecule has 0 aromatic carbocycles. The van der Waals surface area contributed by atoms with E-state index in [9.17, 15) is 31.1 Å². The molecule has 0 spiro atoms. The van der Waals surface area contributed by atoms with E-state index < -0.39 is 42.6 Å². The minimum absolute atomic E-state index is 1.10. The largest absolute Gasteiger partial charge is 0.444 e. The van der Waals surface area contributed by atoms with Crippen molar-refractivity contribution in [2.75, 3.05) is 6.61 Å². The first kappa shape index (κ1) is 18.8. The van der Waals surface area contributed by atoms with Crippen molar-refractivity contribution >= 4 is 6.09 Å². The molecule has 1 atom stereocenters. The van der Waals surface area contributed by atoms with E-state index in [4.69, 9.17) is 5.11 Å². The van der Waals surface area contributed by atoms with Gasteiger partial charge < -0.3 is 15.2 Å². The van der Waals surface area contributed by atoms with Gasteiger partial charge >= 0.3 is 18.4 Å². The van der Waals surface area contributed by atoms with Crippen LogP contribution in [0.1, 0.15) is 20.8 Å². The minimum Gasteiger partial charge on any atom is -0.444 e. The number of aliphatic hydroxyl groups excluding tert-OH is 1. The predicted molar refractivity (Wildman–Crippen MR) is 55.8 cm³/mol. The third-order valence-corrected chi connectivity index (χ3v) is 2.01. The first-order chi connectivity index (χ1) is 8.68. The molecule has 0 aliphatic rings. The van der Waals surface area contributed by atoms with Gasteiger partial charge in [-0.2, -0.15) is 26.3 Å². The zero-order valence-corrected chi connectivity index (χ0v) is 10.9. The Balaban J connectivity index is 5.09. The van der Waals surface area contributed by atoms with Crippen molar-refractivity contribution in [1.82, 2.24) is 5.32 Å². The number of halogens is 6. The number of alkyl carbamates (subject to hydrolysis) is 1. The average molecular weight is 311 g/mol. The molecular formula is C10H15F6NO3. The van der Waals surface area contributed by atoms with Gasteiger partial charge in [-0.25, -0.2) is 4.79 Å². The quantitative estimate of drug-likeness (QED) is 0.788. The Morgan fingerprint density at radius 1 is 1.10 bits per heavy atom. The van der Waals surface area contributed by atoms with Crippen molar-refractivity contribution < 1.29 is 41.0 Å². The van der Waals surface area contributed by atoms with Crippen molar-refractivity contribution in [2.24, 2.45) is 5.92 Å². The molecule has 20 heavy (non-hydrogen) atoms. The molecule has 0 saturated heterocycles. The van der Waals surface area contributed by atoms with Crippen molar-refractivity contribution in [3.8, 4) is 0 Å². The number of rotatable bonds is 3. The van der Waals surface area contributed by atoms with E-state index in [0.29, 0.717) is 0 Å². The number of alkyl halides is 6. The van der Waals surface area contributed by atoms with Crippen LogP contribution in [0.4, 0.5) is 31.1 Å². The second-order valence-corrected chi connectivity index (χ2v) is 5.00. The summed E-state index contributed by atoms with van der Waals surface area (Å²) in [6, 6.07) is -2.58. The Morgan fingerprint density at radius 3 is 1.75 bits per heavy atom. The number of aliphatic hydroxyl groups is 1. The van der Waals surface area contributed by atoms with Crippen molar-refractivity contribution in [3.05, 3.63) is 0 Å². The molecule has 0 bridgehead atoms. The summed E-state index contributed by atoms with van der Waals surface area (Å²) in [5.74, 6) is -3.88. The molecule has 120 valence electrons. The fourth-order valence-electron chi connectivity index (χ4n) is 1.34. The van der Waals surface area contributed by atoms with Crippen molar-refractivity contribution in [2.45, 2.75) is 44.8 Å². The highest BCUT2D eigenvalue weighted by atomic mass is 19.4. The number of carbonyl (C=O) groups is 1. The number of hydrogen-bond donors (Lipinski definition) is 2. The molecule has 4 nitrogen and oxygen atoms in total. The number of ether oxygens (including phenoxy) is 1. The van der Waals surface area contributed by atoms with Crippen LogP contribution in [0.25, 0.3) is 0 Å². The summed E-state index contributed by atoms with van der Waals surface area (Å²) in [6.45, 7) is 2.60. The Labute approximate surface area is 111 Å². The fraction of sp³-hybridized carbons (Fsp3) is 0.900. The molecule has 2 N–H and O–H groups in total. The lowest BCUT2D eigenvalue weighted by molar-refractivity contribution is -0.292. The maximum atomic E-state index is 12.4. The van der Waals surface area contributed by atoms with Gasteiger partial charge in [-0.3, -0.25) is 0 Å². The number of hydrogen-bond acceptors (Lipinski definition) is 3. The van der Waals surface area contributed by atoms with Gasteiger partial charge in [0.2, 0.25) is 0 Å². The average Bonchev–Trinajstić information content (AvgIpc) is 2.08. The van der Waals surface area contributed by atoms with Crippen molar-refractivity contribution in [1.29, 1.82) is 0 Å². The van der Waals surface area contributed by atoms with E-state index in [0.717, 1.165) is 0 Å². The molecule has 0 aliphatic heterocycles. The standard InChI is InChI=1S/C10H15F6NO3/c1-8(2,3)20-7(19)17-5(4-18)6(9(11,12)13)10(14,15)16/h5-6,18H,4H2,1-3H3,(H,17,19)/t5-/m0/s1. The summed E-state index contributed by atoms with van der Waals surface area (Å²) in [6.07, 6.45) is -12.8. The highest BCUT2D eigenvalue weighted by Crippen LogP contribution is 2.41. The van der Waals surface area contributed by atoms with E-state index in [1.807, 2.05) is 0 Å². The Morgan fingerprint density at radius 2 is 1.50 bits per heavy atom. The Kier molecular flexibility index (Phi) is 5.70. The normalized spacial score (nSPS) is 15.2. The first-order valence-electron chi connectivity index (χ1n) is 5.42. The topological polar surface area (TPSA) is 58.6 Å². The maximum Gasteiger partial charge on any atom is 0.407 e. The summed E-state index contributed by atoms with van der Waals surface area (Å²) >= 11 is 0. The third-order valence-electron chi connectivity index (χ3n) is 2.01. The van der Waals surface area contributed by atoms with Crippen LogP contribution in [0.3, 0.4) is 0 Å². The summed E-state index contributed by atoms with van der Waals surface area (Å²) < 4.78 is 79.1. The van der Waals surface area contributed by atoms with Gasteiger partial charge in [-0.05, 0) is 20.8 Å². The monoisotopic (exact) mass is 311 g/mol. The second kappa shape index (κ2) is 6.06. The molecule has 10 heteroatoms. The van der Waals surface area contributed by atoms with Gasteiger partial charge in [0.1, 0.15) is 5.60 Å². The van der Waals surface area contributed by atoms with Gasteiger partial charge in [0.05, 0.1) is 12.6 Å². The molecule has 0 radical (unpaired) electrons. The lowest BCUT2D eigenvalue weighted by Crippen LogP contribution is -2.54. The van der Waals surface area contributed by atoms with Gasteiger partial charge in [0.25, 0.3) is 0 Å². The predicted octanol–water partition coefficient (Wildman–Crippen LogP) is 2.61. The molecule has 0 aliphatic carbocycles. The highest BCUT2D eigenvalue weighted by molar-refractivity contribution is 5.68. The van der Waals surface area contributed by atoms with Crippen LogP contribution in [0, 0.1) is 5.92 Å². The lowest BCUT2D eigenvalue weighted by Gasteiger charge is -2.30. The zero-order chi connectivity index (χ0) is 16.4. The third kappa shape index (κ3) is 6.31. The van der Waals surface area contributed by atoms with Crippen LogP contribution in [0.5, 0.6) is 0 Å². The van der Waals surface area contributed by atoms with Gasteiger partial charge in [-0.1, -0.05) is 0 Å². The summed E-state index contributed by atoms with van der Waals surface area (Å²) in [4.78, 5) is 11.2. The molecule has 0 rings (SSSR count). The molecule has 1 amide bonds. The van der Waals surface area contributed by atoms with Crippen LogP contribution < -0.4 is 5.32 Å². The minimum atomic E-state index is -5.67. The van der Waals surface area contributed by atoms with Crippen molar-refractivity contribution in [3.63, 3.8) is 0 Å².